The van der Waals surface area contributed by atoms with Gasteiger partial charge in [-0.25, -0.2) is 10.2 Å². The van der Waals surface area contributed by atoms with Gasteiger partial charge in [-0.2, -0.15) is 5.10 Å². The van der Waals surface area contributed by atoms with E-state index in [1.54, 1.807) is 32.2 Å². The number of ether oxygens (including phenoxy) is 3. The molecule has 3 aromatic carbocycles. The lowest BCUT2D eigenvalue weighted by atomic mass is 9.95. The molecule has 2 N–H and O–H groups in total. The fourth-order valence-electron chi connectivity index (χ4n) is 4.97. The Kier molecular flexibility index (Phi) is 8.83. The first kappa shape index (κ1) is 28.8. The fourth-order valence-corrected chi connectivity index (χ4v) is 6.24. The number of hydrogen-bond acceptors (Lipinski definition) is 8. The van der Waals surface area contributed by atoms with Crippen molar-refractivity contribution in [2.24, 2.45) is 5.10 Å². The molecule has 0 radical (unpaired) electrons. The van der Waals surface area contributed by atoms with Crippen LogP contribution in [0.4, 0.5) is 5.00 Å². The summed E-state index contributed by atoms with van der Waals surface area (Å²) in [6, 6.07) is 19.6. The summed E-state index contributed by atoms with van der Waals surface area (Å²) >= 11 is 1.31. The van der Waals surface area contributed by atoms with Crippen molar-refractivity contribution in [3.8, 4) is 11.5 Å². The van der Waals surface area contributed by atoms with E-state index in [0.717, 1.165) is 52.5 Å². The maximum atomic E-state index is 12.7. The van der Waals surface area contributed by atoms with E-state index < -0.39 is 17.8 Å². The minimum Gasteiger partial charge on any atom is -0.493 e. The lowest BCUT2D eigenvalue weighted by molar-refractivity contribution is -0.136. The largest absolute Gasteiger partial charge is 0.493 e. The Hall–Kier alpha value is -4.70. The molecule has 0 saturated carbocycles. The molecule has 1 aliphatic carbocycles. The van der Waals surface area contributed by atoms with Gasteiger partial charge in [0.2, 0.25) is 0 Å². The molecule has 1 aliphatic rings. The van der Waals surface area contributed by atoms with Crippen molar-refractivity contribution in [3.63, 3.8) is 0 Å². The number of aryl methyl sites for hydroxylation is 1. The van der Waals surface area contributed by atoms with Gasteiger partial charge in [-0.3, -0.25) is 9.59 Å². The van der Waals surface area contributed by atoms with Crippen LogP contribution in [0.2, 0.25) is 0 Å². The maximum Gasteiger partial charge on any atom is 0.341 e. The number of thiophene rings is 1. The lowest BCUT2D eigenvalue weighted by Crippen LogP contribution is -2.33. The van der Waals surface area contributed by atoms with Gasteiger partial charge < -0.3 is 19.5 Å². The van der Waals surface area contributed by atoms with E-state index in [1.165, 1.54) is 18.4 Å². The van der Waals surface area contributed by atoms with Gasteiger partial charge in [0, 0.05) is 10.4 Å². The minimum absolute atomic E-state index is 0.318. The Morgan fingerprint density at radius 1 is 0.929 bits per heavy atom. The topological polar surface area (TPSA) is 115 Å². The average Bonchev–Trinajstić information content (AvgIpc) is 3.39. The second-order valence-corrected chi connectivity index (χ2v) is 10.9. The molecule has 0 atom stereocenters. The number of esters is 1. The van der Waals surface area contributed by atoms with E-state index in [-0.39, 0.29) is 0 Å². The summed E-state index contributed by atoms with van der Waals surface area (Å²) in [5.41, 5.74) is 5.69. The highest BCUT2D eigenvalue weighted by Crippen LogP contribution is 2.38. The Labute approximate surface area is 247 Å². The van der Waals surface area contributed by atoms with Crippen LogP contribution < -0.4 is 20.2 Å². The van der Waals surface area contributed by atoms with Gasteiger partial charge in [0.25, 0.3) is 0 Å². The van der Waals surface area contributed by atoms with E-state index in [1.807, 2.05) is 24.3 Å². The Balaban J connectivity index is 1.24. The number of hydrazone groups is 1. The van der Waals surface area contributed by atoms with E-state index in [4.69, 9.17) is 14.2 Å². The second kappa shape index (κ2) is 12.9. The summed E-state index contributed by atoms with van der Waals surface area (Å²) in [7, 11) is 2.84. The Bertz CT molecular complexity index is 1690. The Morgan fingerprint density at radius 3 is 2.52 bits per heavy atom. The van der Waals surface area contributed by atoms with E-state index in [0.29, 0.717) is 39.9 Å². The van der Waals surface area contributed by atoms with Gasteiger partial charge in [0.15, 0.2) is 11.5 Å². The van der Waals surface area contributed by atoms with Crippen LogP contribution in [-0.4, -0.2) is 37.7 Å². The molecule has 216 valence electrons. The van der Waals surface area contributed by atoms with Gasteiger partial charge >= 0.3 is 17.8 Å². The SMILES string of the molecule is COC(=O)c1c(NC(=O)C(=O)N/N=C(\C)c2ccc(OCc3cccc4ccccc34)c(OC)c2)sc2c1CCCC2. The quantitative estimate of drug-likeness (QED) is 0.120. The predicted molar refractivity (Wildman–Crippen MR) is 163 cm³/mol. The van der Waals surface area contributed by atoms with E-state index in [2.05, 4.69) is 34.0 Å². The third kappa shape index (κ3) is 6.13. The molecule has 1 aromatic heterocycles. The number of rotatable bonds is 8. The van der Waals surface area contributed by atoms with Crippen LogP contribution >= 0.6 is 11.3 Å². The summed E-state index contributed by atoms with van der Waals surface area (Å²) in [5, 5.41) is 9.25. The highest BCUT2D eigenvalue weighted by atomic mass is 32.1. The number of amides is 2. The van der Waals surface area contributed by atoms with Crippen LogP contribution in [0, 0.1) is 0 Å². The van der Waals surface area contributed by atoms with Crippen molar-refractivity contribution in [2.45, 2.75) is 39.2 Å². The molecule has 10 heteroatoms. The molecule has 42 heavy (non-hydrogen) atoms. The highest BCUT2D eigenvalue weighted by molar-refractivity contribution is 7.17. The molecule has 0 bridgehead atoms. The number of nitrogens with one attached hydrogen (secondary N) is 2. The predicted octanol–water partition coefficient (Wildman–Crippen LogP) is 5.63. The monoisotopic (exact) mass is 585 g/mol. The van der Waals surface area contributed by atoms with Gasteiger partial charge in [0.05, 0.1) is 25.5 Å². The summed E-state index contributed by atoms with van der Waals surface area (Å²) < 4.78 is 16.6. The highest BCUT2D eigenvalue weighted by Gasteiger charge is 2.28. The van der Waals surface area contributed by atoms with Crippen LogP contribution in [0.5, 0.6) is 11.5 Å². The zero-order chi connectivity index (χ0) is 29.6. The number of carbonyl (C=O) groups excluding carboxylic acids is 3. The van der Waals surface area contributed by atoms with Gasteiger partial charge in [-0.05, 0) is 72.7 Å². The zero-order valence-electron chi connectivity index (χ0n) is 23.6. The average molecular weight is 586 g/mol. The Morgan fingerprint density at radius 2 is 1.71 bits per heavy atom. The van der Waals surface area contributed by atoms with Crippen molar-refractivity contribution >= 4 is 50.6 Å². The summed E-state index contributed by atoms with van der Waals surface area (Å²) in [5.74, 6) is -1.35. The van der Waals surface area contributed by atoms with Crippen LogP contribution in [-0.2, 0) is 33.8 Å². The number of carbonyl (C=O) groups is 3. The number of nitrogens with zero attached hydrogens (tertiary/aromatic N) is 1. The molecule has 1 heterocycles. The van der Waals surface area contributed by atoms with Crippen LogP contribution in [0.25, 0.3) is 10.8 Å². The lowest BCUT2D eigenvalue weighted by Gasteiger charge is -2.13. The molecule has 2 amide bonds. The summed E-state index contributed by atoms with van der Waals surface area (Å²) in [4.78, 5) is 38.7. The van der Waals surface area contributed by atoms with Crippen LogP contribution in [0.3, 0.4) is 0 Å². The van der Waals surface area contributed by atoms with Gasteiger partial charge in [-0.15, -0.1) is 11.3 Å². The molecule has 0 unspecified atom stereocenters. The van der Waals surface area contributed by atoms with Crippen molar-refractivity contribution in [2.75, 3.05) is 19.5 Å². The second-order valence-electron chi connectivity index (χ2n) is 9.79. The van der Waals surface area contributed by atoms with Crippen molar-refractivity contribution in [3.05, 3.63) is 87.8 Å². The van der Waals surface area contributed by atoms with E-state index >= 15 is 0 Å². The van der Waals surface area contributed by atoms with Gasteiger partial charge in [0.1, 0.15) is 11.6 Å². The zero-order valence-corrected chi connectivity index (χ0v) is 24.4. The minimum atomic E-state index is -0.960. The summed E-state index contributed by atoms with van der Waals surface area (Å²) in [6.07, 6.45) is 3.53. The maximum absolute atomic E-state index is 12.7. The molecule has 0 saturated heterocycles. The number of fused-ring (bicyclic) bond motifs is 2. The first-order chi connectivity index (χ1) is 20.4. The number of methoxy groups -OCH3 is 2. The van der Waals surface area contributed by atoms with E-state index in [9.17, 15) is 14.4 Å². The van der Waals surface area contributed by atoms with Crippen molar-refractivity contribution < 1.29 is 28.6 Å². The van der Waals surface area contributed by atoms with Gasteiger partial charge in [-0.1, -0.05) is 42.5 Å². The molecular formula is C32H31N3O6S. The standard InChI is InChI=1S/C32H31N3O6S/c1-19(34-35-30(37)29(36)33-31-28(32(38)40-3)24-13-6-7-14-27(24)42-31)21-15-16-25(26(17-21)39-2)41-18-22-11-8-10-20-9-4-5-12-23(20)22/h4-5,8-12,15-17H,6-7,13-14,18H2,1-3H3,(H,33,36)(H,35,37)/b34-19+. The number of hydrogen-bond donors (Lipinski definition) is 2. The number of anilines is 1. The van der Waals surface area contributed by atoms with Crippen molar-refractivity contribution in [1.82, 2.24) is 5.43 Å². The first-order valence-corrected chi connectivity index (χ1v) is 14.4. The fraction of sp³-hybridized carbons (Fsp3) is 0.250. The van der Waals surface area contributed by atoms with Crippen LogP contribution in [0.1, 0.15) is 51.7 Å². The first-order valence-electron chi connectivity index (χ1n) is 13.6. The molecular weight excluding hydrogens is 554 g/mol. The molecule has 0 spiro atoms. The number of benzene rings is 3. The molecule has 0 fully saturated rings. The third-order valence-corrected chi connectivity index (χ3v) is 8.37. The normalized spacial score (nSPS) is 12.8. The smallest absolute Gasteiger partial charge is 0.341 e. The van der Waals surface area contributed by atoms with Crippen molar-refractivity contribution in [1.29, 1.82) is 0 Å². The molecule has 4 aromatic rings. The summed E-state index contributed by atoms with van der Waals surface area (Å²) in [6.45, 7) is 2.06. The molecule has 5 rings (SSSR count). The molecule has 0 aliphatic heterocycles. The molecule has 9 nitrogen and oxygen atoms in total. The third-order valence-electron chi connectivity index (χ3n) is 7.16. The van der Waals surface area contributed by atoms with Crippen LogP contribution in [0.15, 0.2) is 65.8 Å².